The molecule has 0 aliphatic carbocycles. The summed E-state index contributed by atoms with van der Waals surface area (Å²) in [5, 5.41) is 9.61. The Bertz CT molecular complexity index is 361. The summed E-state index contributed by atoms with van der Waals surface area (Å²) < 4.78 is 0. The van der Waals surface area contributed by atoms with Crippen LogP contribution in [-0.4, -0.2) is 28.7 Å². The van der Waals surface area contributed by atoms with Gasteiger partial charge in [-0.05, 0) is 51.3 Å². The summed E-state index contributed by atoms with van der Waals surface area (Å²) in [6.07, 6.45) is 5.76. The zero-order chi connectivity index (χ0) is 13.0. The van der Waals surface area contributed by atoms with Crippen LogP contribution in [0.5, 0.6) is 0 Å². The quantitative estimate of drug-likeness (QED) is 0.883. The molecule has 18 heavy (non-hydrogen) atoms. The van der Waals surface area contributed by atoms with E-state index < -0.39 is 0 Å². The van der Waals surface area contributed by atoms with E-state index in [9.17, 15) is 5.11 Å². The summed E-state index contributed by atoms with van der Waals surface area (Å²) in [7, 11) is 0. The number of hydrogen-bond donors (Lipinski definition) is 1. The van der Waals surface area contributed by atoms with Gasteiger partial charge in [-0.2, -0.15) is 0 Å². The summed E-state index contributed by atoms with van der Waals surface area (Å²) >= 11 is 1.94. The number of piperidine rings is 1. The van der Waals surface area contributed by atoms with Crippen molar-refractivity contribution in [1.29, 1.82) is 0 Å². The maximum absolute atomic E-state index is 9.61. The third-order valence-electron chi connectivity index (χ3n) is 3.79. The number of likely N-dealkylation sites (tertiary alicyclic amines) is 1. The molecule has 2 atom stereocenters. The smallest absolute Gasteiger partial charge is 0.0527 e. The molecule has 1 aromatic rings. The molecule has 1 aromatic heterocycles. The fourth-order valence-corrected chi connectivity index (χ4v) is 3.81. The summed E-state index contributed by atoms with van der Waals surface area (Å²) in [5.41, 5.74) is 0. The monoisotopic (exact) mass is 267 g/mol. The highest BCUT2D eigenvalue weighted by molar-refractivity contribution is 7.11. The molecule has 0 bridgehead atoms. The summed E-state index contributed by atoms with van der Waals surface area (Å²) in [6, 6.07) is 5.11. The minimum Gasteiger partial charge on any atom is -0.393 e. The first-order valence-electron chi connectivity index (χ1n) is 7.18. The van der Waals surface area contributed by atoms with Crippen molar-refractivity contribution in [3.8, 4) is 0 Å². The van der Waals surface area contributed by atoms with Crippen molar-refractivity contribution < 1.29 is 5.11 Å². The number of aryl methyl sites for hydroxylation is 1. The fraction of sp³-hybridized carbons (Fsp3) is 0.733. The number of aliphatic hydroxyl groups excluding tert-OH is 1. The van der Waals surface area contributed by atoms with Gasteiger partial charge in [0.15, 0.2) is 0 Å². The van der Waals surface area contributed by atoms with Crippen molar-refractivity contribution in [3.63, 3.8) is 0 Å². The molecule has 2 nitrogen and oxygen atoms in total. The molecule has 1 aliphatic heterocycles. The predicted octanol–water partition coefficient (Wildman–Crippen LogP) is 3.44. The molecule has 1 N–H and O–H groups in total. The highest BCUT2D eigenvalue weighted by atomic mass is 32.1. The van der Waals surface area contributed by atoms with E-state index in [4.69, 9.17) is 0 Å². The van der Waals surface area contributed by atoms with E-state index >= 15 is 0 Å². The molecule has 2 heterocycles. The summed E-state index contributed by atoms with van der Waals surface area (Å²) in [4.78, 5) is 5.53. The first-order chi connectivity index (χ1) is 8.69. The van der Waals surface area contributed by atoms with Crippen LogP contribution in [0.15, 0.2) is 12.1 Å². The SMILES string of the molecule is CCc1ccc(CN2CCCCC2CC(C)O)s1. The summed E-state index contributed by atoms with van der Waals surface area (Å²) in [5.74, 6) is 0. The van der Waals surface area contributed by atoms with Crippen molar-refractivity contribution >= 4 is 11.3 Å². The van der Waals surface area contributed by atoms with Gasteiger partial charge in [0.1, 0.15) is 0 Å². The first-order valence-corrected chi connectivity index (χ1v) is 8.00. The van der Waals surface area contributed by atoms with Crippen molar-refractivity contribution in [1.82, 2.24) is 4.90 Å². The van der Waals surface area contributed by atoms with Gasteiger partial charge in [-0.15, -0.1) is 11.3 Å². The van der Waals surface area contributed by atoms with Crippen LogP contribution in [0, 0.1) is 0 Å². The number of thiophene rings is 1. The van der Waals surface area contributed by atoms with E-state index in [1.807, 2.05) is 18.3 Å². The zero-order valence-corrected chi connectivity index (χ0v) is 12.4. The predicted molar refractivity (Wildman–Crippen MR) is 78.0 cm³/mol. The van der Waals surface area contributed by atoms with Crippen molar-refractivity contribution in [2.45, 2.75) is 64.6 Å². The first kappa shape index (κ1) is 14.0. The van der Waals surface area contributed by atoms with Gasteiger partial charge >= 0.3 is 0 Å². The van der Waals surface area contributed by atoms with Crippen LogP contribution in [0.25, 0.3) is 0 Å². The lowest BCUT2D eigenvalue weighted by Gasteiger charge is -2.36. The van der Waals surface area contributed by atoms with Crippen LogP contribution < -0.4 is 0 Å². The lowest BCUT2D eigenvalue weighted by molar-refractivity contribution is 0.0825. The third kappa shape index (κ3) is 3.81. The minimum atomic E-state index is -0.176. The molecule has 0 saturated carbocycles. The Labute approximate surface area is 115 Å². The second kappa shape index (κ2) is 6.69. The van der Waals surface area contributed by atoms with Crippen molar-refractivity contribution in [3.05, 3.63) is 21.9 Å². The summed E-state index contributed by atoms with van der Waals surface area (Å²) in [6.45, 7) is 6.39. The maximum atomic E-state index is 9.61. The van der Waals surface area contributed by atoms with Gasteiger partial charge in [-0.1, -0.05) is 13.3 Å². The van der Waals surface area contributed by atoms with Gasteiger partial charge in [0, 0.05) is 22.3 Å². The molecular formula is C15H25NOS. The highest BCUT2D eigenvalue weighted by Crippen LogP contribution is 2.25. The van der Waals surface area contributed by atoms with Crippen molar-refractivity contribution in [2.75, 3.05) is 6.54 Å². The Morgan fingerprint density at radius 2 is 2.17 bits per heavy atom. The van der Waals surface area contributed by atoms with Crippen LogP contribution in [0.4, 0.5) is 0 Å². The molecule has 102 valence electrons. The Balaban J connectivity index is 1.96. The normalized spacial score (nSPS) is 23.2. The standard InChI is InChI=1S/C15H25NOS/c1-3-14-7-8-15(18-14)11-16-9-5-4-6-13(16)10-12(2)17/h7-8,12-13,17H,3-6,9-11H2,1-2H3. The molecule has 0 aromatic carbocycles. The van der Waals surface area contributed by atoms with Gasteiger partial charge < -0.3 is 5.11 Å². The van der Waals surface area contributed by atoms with Gasteiger partial charge in [-0.25, -0.2) is 0 Å². The number of nitrogens with zero attached hydrogens (tertiary/aromatic N) is 1. The molecule has 2 rings (SSSR count). The van der Waals surface area contributed by atoms with E-state index in [1.165, 1.54) is 35.6 Å². The number of aliphatic hydroxyl groups is 1. The Morgan fingerprint density at radius 3 is 2.83 bits per heavy atom. The van der Waals surface area contributed by atoms with Crippen LogP contribution >= 0.6 is 11.3 Å². The third-order valence-corrected chi connectivity index (χ3v) is 5.00. The Morgan fingerprint density at radius 1 is 1.39 bits per heavy atom. The average molecular weight is 267 g/mol. The lowest BCUT2D eigenvalue weighted by Crippen LogP contribution is -2.40. The molecule has 0 radical (unpaired) electrons. The van der Waals surface area contributed by atoms with E-state index in [0.29, 0.717) is 6.04 Å². The second-order valence-corrected chi connectivity index (χ2v) is 6.68. The minimum absolute atomic E-state index is 0.176. The Hall–Kier alpha value is -0.380. The molecule has 0 spiro atoms. The number of rotatable bonds is 5. The lowest BCUT2D eigenvalue weighted by atomic mass is 9.97. The fourth-order valence-electron chi connectivity index (χ4n) is 2.83. The van der Waals surface area contributed by atoms with Gasteiger partial charge in [0.05, 0.1) is 6.10 Å². The maximum Gasteiger partial charge on any atom is 0.0527 e. The largest absolute Gasteiger partial charge is 0.393 e. The van der Waals surface area contributed by atoms with E-state index in [2.05, 4.69) is 24.0 Å². The van der Waals surface area contributed by atoms with Crippen molar-refractivity contribution in [2.24, 2.45) is 0 Å². The second-order valence-electron chi connectivity index (χ2n) is 5.43. The molecular weight excluding hydrogens is 242 g/mol. The highest BCUT2D eigenvalue weighted by Gasteiger charge is 2.23. The molecule has 3 heteroatoms. The van der Waals surface area contributed by atoms with Crippen LogP contribution in [-0.2, 0) is 13.0 Å². The molecule has 1 saturated heterocycles. The number of hydrogen-bond acceptors (Lipinski definition) is 3. The molecule has 1 aliphatic rings. The molecule has 0 amide bonds. The average Bonchev–Trinajstić information content (AvgIpc) is 2.79. The van der Waals surface area contributed by atoms with E-state index in [0.717, 1.165) is 19.4 Å². The Kier molecular flexibility index (Phi) is 5.22. The molecule has 1 fully saturated rings. The van der Waals surface area contributed by atoms with Gasteiger partial charge in [0.25, 0.3) is 0 Å². The zero-order valence-electron chi connectivity index (χ0n) is 11.6. The van der Waals surface area contributed by atoms with Gasteiger partial charge in [-0.3, -0.25) is 4.90 Å². The van der Waals surface area contributed by atoms with Crippen LogP contribution in [0.3, 0.4) is 0 Å². The molecule has 2 unspecified atom stereocenters. The van der Waals surface area contributed by atoms with E-state index in [-0.39, 0.29) is 6.10 Å². The topological polar surface area (TPSA) is 23.5 Å². The van der Waals surface area contributed by atoms with Gasteiger partial charge in [0.2, 0.25) is 0 Å². The van der Waals surface area contributed by atoms with E-state index in [1.54, 1.807) is 0 Å². The van der Waals surface area contributed by atoms with Crippen LogP contribution in [0.2, 0.25) is 0 Å². The van der Waals surface area contributed by atoms with Crippen LogP contribution in [0.1, 0.15) is 49.3 Å².